The van der Waals surface area contributed by atoms with Gasteiger partial charge < -0.3 is 14.6 Å². The zero-order valence-corrected chi connectivity index (χ0v) is 15.4. The number of hydrogen-bond donors (Lipinski definition) is 1. The molecular formula is C20H14BrNO4. The molecule has 0 fully saturated rings. The first kappa shape index (κ1) is 19.1. The molecule has 6 heteroatoms. The number of methoxy groups -OCH3 is 1. The van der Waals surface area contributed by atoms with Crippen molar-refractivity contribution in [3.8, 4) is 29.9 Å². The summed E-state index contributed by atoms with van der Waals surface area (Å²) < 4.78 is 11.4. The SMILES string of the molecule is C#CCOc1c(Br)cc(/C=C(/C#N)c2ccc(C(=O)O)cc2)cc1OC. The standard InChI is InChI=1S/C20H14BrNO4/c1-3-8-26-19-17(21)10-13(11-18(19)25-2)9-16(12-22)14-4-6-15(7-5-14)20(23)24/h1,4-7,9-11H,8H2,2H3,(H,23,24)/b16-9-. The second-order valence-corrected chi connectivity index (χ2v) is 5.93. The van der Waals surface area contributed by atoms with Crippen molar-refractivity contribution in [1.82, 2.24) is 0 Å². The van der Waals surface area contributed by atoms with Crippen molar-refractivity contribution in [3.63, 3.8) is 0 Å². The van der Waals surface area contributed by atoms with Crippen molar-refractivity contribution in [2.75, 3.05) is 13.7 Å². The number of carbonyl (C=O) groups is 1. The van der Waals surface area contributed by atoms with Gasteiger partial charge in [-0.15, -0.1) is 6.42 Å². The molecule has 0 aliphatic heterocycles. The summed E-state index contributed by atoms with van der Waals surface area (Å²) in [4.78, 5) is 10.9. The average Bonchev–Trinajstić information content (AvgIpc) is 2.64. The molecule has 0 radical (unpaired) electrons. The predicted octanol–water partition coefficient (Wildman–Crippen LogP) is 4.23. The number of halogens is 1. The zero-order chi connectivity index (χ0) is 19.1. The predicted molar refractivity (Wildman–Crippen MR) is 102 cm³/mol. The Morgan fingerprint density at radius 3 is 2.50 bits per heavy atom. The Hall–Kier alpha value is -3.22. The van der Waals surface area contributed by atoms with Crippen LogP contribution in [0.1, 0.15) is 21.5 Å². The number of hydrogen-bond acceptors (Lipinski definition) is 4. The largest absolute Gasteiger partial charge is 0.493 e. The summed E-state index contributed by atoms with van der Waals surface area (Å²) in [5, 5.41) is 18.4. The lowest BCUT2D eigenvalue weighted by Gasteiger charge is -2.12. The molecule has 0 aliphatic carbocycles. The van der Waals surface area contributed by atoms with Gasteiger partial charge in [-0.05, 0) is 57.4 Å². The highest BCUT2D eigenvalue weighted by molar-refractivity contribution is 9.10. The van der Waals surface area contributed by atoms with Gasteiger partial charge in [-0.25, -0.2) is 4.79 Å². The number of benzene rings is 2. The van der Waals surface area contributed by atoms with Gasteiger partial charge in [0.2, 0.25) is 0 Å². The topological polar surface area (TPSA) is 79.5 Å². The fraction of sp³-hybridized carbons (Fsp3) is 0.100. The minimum absolute atomic E-state index is 0.101. The number of aromatic carboxylic acids is 1. The van der Waals surface area contributed by atoms with Crippen molar-refractivity contribution >= 4 is 33.5 Å². The molecule has 0 unspecified atom stereocenters. The maximum absolute atomic E-state index is 10.9. The van der Waals surface area contributed by atoms with E-state index < -0.39 is 5.97 Å². The number of carboxylic acid groups (broad SMARTS) is 1. The van der Waals surface area contributed by atoms with Crippen LogP contribution in [0.5, 0.6) is 11.5 Å². The molecule has 5 nitrogen and oxygen atoms in total. The molecule has 1 N–H and O–H groups in total. The fourth-order valence-corrected chi connectivity index (χ4v) is 2.79. The lowest BCUT2D eigenvalue weighted by atomic mass is 10.0. The van der Waals surface area contributed by atoms with E-state index in [1.54, 1.807) is 30.3 Å². The van der Waals surface area contributed by atoms with E-state index >= 15 is 0 Å². The van der Waals surface area contributed by atoms with Crippen LogP contribution in [0.3, 0.4) is 0 Å². The number of allylic oxidation sites excluding steroid dienone is 1. The van der Waals surface area contributed by atoms with E-state index in [4.69, 9.17) is 21.0 Å². The number of terminal acetylenes is 1. The fourth-order valence-electron chi connectivity index (χ4n) is 2.22. The summed E-state index contributed by atoms with van der Waals surface area (Å²) in [6.07, 6.45) is 6.89. The van der Waals surface area contributed by atoms with Gasteiger partial charge in [0.25, 0.3) is 0 Å². The highest BCUT2D eigenvalue weighted by Crippen LogP contribution is 2.37. The van der Waals surface area contributed by atoms with Gasteiger partial charge in [0.05, 0.1) is 28.8 Å². The lowest BCUT2D eigenvalue weighted by molar-refractivity contribution is 0.0697. The summed E-state index contributed by atoms with van der Waals surface area (Å²) in [7, 11) is 1.51. The molecule has 0 heterocycles. The Balaban J connectivity index is 2.42. The Labute approximate surface area is 159 Å². The van der Waals surface area contributed by atoms with Crippen molar-refractivity contribution < 1.29 is 19.4 Å². The Bertz CT molecular complexity index is 934. The smallest absolute Gasteiger partial charge is 0.335 e. The molecule has 130 valence electrons. The second kappa shape index (κ2) is 8.75. The molecule has 0 saturated carbocycles. The molecule has 0 amide bonds. The normalized spacial score (nSPS) is 10.5. The number of nitrogens with zero attached hydrogens (tertiary/aromatic N) is 1. The molecule has 0 atom stereocenters. The molecule has 0 bridgehead atoms. The monoisotopic (exact) mass is 411 g/mol. The van der Waals surface area contributed by atoms with E-state index in [0.29, 0.717) is 32.7 Å². The van der Waals surface area contributed by atoms with Crippen molar-refractivity contribution in [2.24, 2.45) is 0 Å². The van der Waals surface area contributed by atoms with Crippen LogP contribution in [0.4, 0.5) is 0 Å². The van der Waals surface area contributed by atoms with Crippen molar-refractivity contribution in [1.29, 1.82) is 5.26 Å². The maximum atomic E-state index is 10.9. The number of rotatable bonds is 6. The highest BCUT2D eigenvalue weighted by atomic mass is 79.9. The van der Waals surface area contributed by atoms with Crippen LogP contribution in [0.25, 0.3) is 11.6 Å². The summed E-state index contributed by atoms with van der Waals surface area (Å²) in [6.45, 7) is 0.101. The van der Waals surface area contributed by atoms with Crippen LogP contribution >= 0.6 is 15.9 Å². The van der Waals surface area contributed by atoms with Gasteiger partial charge in [-0.3, -0.25) is 0 Å². The third kappa shape index (κ3) is 4.44. The quantitative estimate of drug-likeness (QED) is 0.436. The van der Waals surface area contributed by atoms with Gasteiger partial charge in [-0.1, -0.05) is 18.1 Å². The number of carboxylic acids is 1. The van der Waals surface area contributed by atoms with Gasteiger partial charge in [0.1, 0.15) is 6.61 Å². The van der Waals surface area contributed by atoms with Crippen LogP contribution < -0.4 is 9.47 Å². The maximum Gasteiger partial charge on any atom is 0.335 e. The third-order valence-corrected chi connectivity index (χ3v) is 4.01. The lowest BCUT2D eigenvalue weighted by Crippen LogP contribution is -1.98. The summed E-state index contributed by atoms with van der Waals surface area (Å²) in [6, 6.07) is 11.7. The summed E-state index contributed by atoms with van der Waals surface area (Å²) >= 11 is 3.41. The van der Waals surface area contributed by atoms with Crippen LogP contribution in [-0.4, -0.2) is 24.8 Å². The van der Waals surface area contributed by atoms with Crippen LogP contribution in [0.15, 0.2) is 40.9 Å². The Kier molecular flexibility index (Phi) is 6.43. The van der Waals surface area contributed by atoms with Gasteiger partial charge in [0, 0.05) is 0 Å². The highest BCUT2D eigenvalue weighted by Gasteiger charge is 2.12. The van der Waals surface area contributed by atoms with Crippen LogP contribution in [0.2, 0.25) is 0 Å². The molecular weight excluding hydrogens is 398 g/mol. The van der Waals surface area contributed by atoms with E-state index in [0.717, 1.165) is 0 Å². The van der Waals surface area contributed by atoms with Crippen molar-refractivity contribution in [3.05, 3.63) is 57.6 Å². The van der Waals surface area contributed by atoms with Gasteiger partial charge in [-0.2, -0.15) is 5.26 Å². The minimum atomic E-state index is -1.02. The molecule has 0 aromatic heterocycles. The first-order chi connectivity index (χ1) is 12.5. The summed E-state index contributed by atoms with van der Waals surface area (Å²) in [5.74, 6) is 2.32. The average molecular weight is 412 g/mol. The van der Waals surface area contributed by atoms with E-state index in [1.165, 1.54) is 19.2 Å². The van der Waals surface area contributed by atoms with Crippen LogP contribution in [-0.2, 0) is 0 Å². The van der Waals surface area contributed by atoms with Gasteiger partial charge in [0.15, 0.2) is 11.5 Å². The molecule has 0 spiro atoms. The second-order valence-electron chi connectivity index (χ2n) is 5.08. The van der Waals surface area contributed by atoms with Crippen LogP contribution in [0, 0.1) is 23.7 Å². The molecule has 2 aromatic rings. The zero-order valence-electron chi connectivity index (χ0n) is 13.8. The van der Waals surface area contributed by atoms with E-state index in [1.807, 2.05) is 0 Å². The number of nitriles is 1. The van der Waals surface area contributed by atoms with E-state index in [9.17, 15) is 10.1 Å². The molecule has 26 heavy (non-hydrogen) atoms. The Morgan fingerprint density at radius 2 is 1.96 bits per heavy atom. The number of ether oxygens (including phenoxy) is 2. The van der Waals surface area contributed by atoms with Crippen molar-refractivity contribution in [2.45, 2.75) is 0 Å². The molecule has 2 rings (SSSR count). The van der Waals surface area contributed by atoms with Gasteiger partial charge >= 0.3 is 5.97 Å². The third-order valence-electron chi connectivity index (χ3n) is 3.43. The summed E-state index contributed by atoms with van der Waals surface area (Å²) in [5.41, 5.74) is 1.86. The Morgan fingerprint density at radius 1 is 1.31 bits per heavy atom. The minimum Gasteiger partial charge on any atom is -0.493 e. The molecule has 0 saturated heterocycles. The first-order valence-corrected chi connectivity index (χ1v) is 8.18. The first-order valence-electron chi connectivity index (χ1n) is 7.39. The van der Waals surface area contributed by atoms with E-state index in [-0.39, 0.29) is 12.2 Å². The molecule has 2 aromatic carbocycles. The molecule has 0 aliphatic rings. The van der Waals surface area contributed by atoms with E-state index in [2.05, 4.69) is 27.9 Å².